The zero-order chi connectivity index (χ0) is 13.2. The molecule has 0 saturated heterocycles. The summed E-state index contributed by atoms with van der Waals surface area (Å²) in [6.07, 6.45) is 3.35. The zero-order valence-electron chi connectivity index (χ0n) is 10.3. The standard InChI is InChI=1S/C13H12N4O2/c1-2-19-11-5-3-10(4-6-11)17-8-9-7-14-15-13(18)12(9)16-17/h3-8H,2H2,1H3,(H,15,18). The Labute approximate surface area is 108 Å². The van der Waals surface area contributed by atoms with Crippen molar-refractivity contribution in [3.8, 4) is 11.4 Å². The van der Waals surface area contributed by atoms with E-state index in [1.165, 1.54) is 0 Å². The number of hydrogen-bond acceptors (Lipinski definition) is 4. The molecule has 3 aromatic rings. The van der Waals surface area contributed by atoms with Crippen LogP contribution >= 0.6 is 0 Å². The SMILES string of the molecule is CCOc1ccc(-n2cc3cn[nH]c(=O)c3n2)cc1. The third-order valence-corrected chi connectivity index (χ3v) is 2.74. The van der Waals surface area contributed by atoms with Gasteiger partial charge in [0, 0.05) is 11.6 Å². The molecule has 0 radical (unpaired) electrons. The highest BCUT2D eigenvalue weighted by molar-refractivity contribution is 5.76. The summed E-state index contributed by atoms with van der Waals surface area (Å²) >= 11 is 0. The quantitative estimate of drug-likeness (QED) is 0.770. The summed E-state index contributed by atoms with van der Waals surface area (Å²) in [4.78, 5) is 11.5. The number of nitrogens with one attached hydrogen (secondary N) is 1. The van der Waals surface area contributed by atoms with Crippen molar-refractivity contribution in [3.05, 3.63) is 47.0 Å². The lowest BCUT2D eigenvalue weighted by molar-refractivity contribution is 0.340. The molecule has 96 valence electrons. The molecule has 0 aliphatic carbocycles. The summed E-state index contributed by atoms with van der Waals surface area (Å²) in [5.41, 5.74) is 0.949. The summed E-state index contributed by atoms with van der Waals surface area (Å²) in [5.74, 6) is 0.808. The van der Waals surface area contributed by atoms with E-state index < -0.39 is 0 Å². The van der Waals surface area contributed by atoms with E-state index in [-0.39, 0.29) is 5.56 Å². The Morgan fingerprint density at radius 2 is 2.11 bits per heavy atom. The van der Waals surface area contributed by atoms with E-state index in [1.54, 1.807) is 17.1 Å². The lowest BCUT2D eigenvalue weighted by atomic mass is 10.3. The van der Waals surface area contributed by atoms with Crippen LogP contribution in [0.25, 0.3) is 16.6 Å². The first-order valence-corrected chi connectivity index (χ1v) is 5.94. The lowest BCUT2D eigenvalue weighted by Crippen LogP contribution is -2.07. The van der Waals surface area contributed by atoms with Gasteiger partial charge in [-0.15, -0.1) is 0 Å². The van der Waals surface area contributed by atoms with Crippen molar-refractivity contribution in [1.82, 2.24) is 20.0 Å². The summed E-state index contributed by atoms with van der Waals surface area (Å²) in [5, 5.41) is 11.1. The van der Waals surface area contributed by atoms with E-state index in [2.05, 4.69) is 15.3 Å². The van der Waals surface area contributed by atoms with Crippen LogP contribution in [0.5, 0.6) is 5.75 Å². The topological polar surface area (TPSA) is 72.8 Å². The predicted octanol–water partition coefficient (Wildman–Crippen LogP) is 1.51. The van der Waals surface area contributed by atoms with E-state index in [9.17, 15) is 4.79 Å². The maximum atomic E-state index is 11.5. The second-order valence-corrected chi connectivity index (χ2v) is 4.00. The molecule has 3 rings (SSSR count). The molecule has 0 aliphatic rings. The smallest absolute Gasteiger partial charge is 0.292 e. The van der Waals surface area contributed by atoms with Gasteiger partial charge in [-0.05, 0) is 31.2 Å². The minimum absolute atomic E-state index is 0.290. The molecule has 0 spiro atoms. The van der Waals surface area contributed by atoms with Gasteiger partial charge in [0.15, 0.2) is 5.52 Å². The van der Waals surface area contributed by atoms with Gasteiger partial charge in [0.1, 0.15) is 5.75 Å². The molecule has 0 atom stereocenters. The molecule has 0 bridgehead atoms. The molecule has 2 aromatic heterocycles. The van der Waals surface area contributed by atoms with E-state index in [0.29, 0.717) is 17.5 Å². The molecule has 19 heavy (non-hydrogen) atoms. The minimum atomic E-state index is -0.290. The van der Waals surface area contributed by atoms with Crippen molar-refractivity contribution in [2.45, 2.75) is 6.92 Å². The Morgan fingerprint density at radius 1 is 1.32 bits per heavy atom. The van der Waals surface area contributed by atoms with Crippen LogP contribution in [0, 0.1) is 0 Å². The number of rotatable bonds is 3. The number of ether oxygens (including phenoxy) is 1. The van der Waals surface area contributed by atoms with Crippen LogP contribution in [0.15, 0.2) is 41.5 Å². The number of hydrogen-bond donors (Lipinski definition) is 1. The predicted molar refractivity (Wildman–Crippen MR) is 70.7 cm³/mol. The fraction of sp³-hybridized carbons (Fsp3) is 0.154. The van der Waals surface area contributed by atoms with Gasteiger partial charge in [0.25, 0.3) is 5.56 Å². The first-order valence-electron chi connectivity index (χ1n) is 5.94. The van der Waals surface area contributed by atoms with Gasteiger partial charge in [-0.1, -0.05) is 0 Å². The average Bonchev–Trinajstić information content (AvgIpc) is 2.85. The van der Waals surface area contributed by atoms with Crippen LogP contribution < -0.4 is 10.3 Å². The van der Waals surface area contributed by atoms with Gasteiger partial charge >= 0.3 is 0 Å². The molecular weight excluding hydrogens is 244 g/mol. The highest BCUT2D eigenvalue weighted by atomic mass is 16.5. The van der Waals surface area contributed by atoms with Gasteiger partial charge in [-0.25, -0.2) is 9.78 Å². The fourth-order valence-electron chi connectivity index (χ4n) is 1.87. The lowest BCUT2D eigenvalue weighted by Gasteiger charge is -2.04. The zero-order valence-corrected chi connectivity index (χ0v) is 10.3. The molecule has 0 fully saturated rings. The van der Waals surface area contributed by atoms with Crippen molar-refractivity contribution in [3.63, 3.8) is 0 Å². The van der Waals surface area contributed by atoms with E-state index in [1.807, 2.05) is 31.2 Å². The van der Waals surface area contributed by atoms with Crippen molar-refractivity contribution in [1.29, 1.82) is 0 Å². The number of aromatic nitrogens is 4. The van der Waals surface area contributed by atoms with Crippen LogP contribution in [0.4, 0.5) is 0 Å². The molecule has 2 heterocycles. The second-order valence-electron chi connectivity index (χ2n) is 4.00. The minimum Gasteiger partial charge on any atom is -0.494 e. The van der Waals surface area contributed by atoms with E-state index in [0.717, 1.165) is 11.4 Å². The van der Waals surface area contributed by atoms with Crippen molar-refractivity contribution >= 4 is 10.9 Å². The fourth-order valence-corrected chi connectivity index (χ4v) is 1.87. The van der Waals surface area contributed by atoms with Crippen molar-refractivity contribution in [2.75, 3.05) is 6.61 Å². The summed E-state index contributed by atoms with van der Waals surface area (Å²) in [7, 11) is 0. The molecule has 0 saturated carbocycles. The Balaban J connectivity index is 2.04. The van der Waals surface area contributed by atoms with Crippen LogP contribution in [0.3, 0.4) is 0 Å². The molecule has 6 nitrogen and oxygen atoms in total. The van der Waals surface area contributed by atoms with Gasteiger partial charge in [-0.2, -0.15) is 10.2 Å². The summed E-state index contributed by atoms with van der Waals surface area (Å²) in [6, 6.07) is 7.51. The summed E-state index contributed by atoms with van der Waals surface area (Å²) < 4.78 is 7.03. The normalized spacial score (nSPS) is 10.8. The highest BCUT2D eigenvalue weighted by Crippen LogP contribution is 2.16. The Morgan fingerprint density at radius 3 is 2.79 bits per heavy atom. The second kappa shape index (κ2) is 4.56. The van der Waals surface area contributed by atoms with Crippen LogP contribution in [0.2, 0.25) is 0 Å². The number of benzene rings is 1. The van der Waals surface area contributed by atoms with Crippen LogP contribution in [-0.2, 0) is 0 Å². The Hall–Kier alpha value is -2.63. The van der Waals surface area contributed by atoms with Gasteiger partial charge < -0.3 is 4.74 Å². The van der Waals surface area contributed by atoms with E-state index in [4.69, 9.17) is 4.74 Å². The Bertz CT molecular complexity index is 758. The molecule has 0 amide bonds. The molecule has 1 N–H and O–H groups in total. The molecule has 0 aliphatic heterocycles. The van der Waals surface area contributed by atoms with E-state index >= 15 is 0 Å². The number of H-pyrrole nitrogens is 1. The number of nitrogens with zero attached hydrogens (tertiary/aromatic N) is 3. The van der Waals surface area contributed by atoms with Crippen LogP contribution in [-0.4, -0.2) is 26.6 Å². The van der Waals surface area contributed by atoms with Crippen molar-refractivity contribution < 1.29 is 4.74 Å². The monoisotopic (exact) mass is 256 g/mol. The largest absolute Gasteiger partial charge is 0.494 e. The van der Waals surface area contributed by atoms with Crippen molar-refractivity contribution in [2.24, 2.45) is 0 Å². The first-order chi connectivity index (χ1) is 9.28. The van der Waals surface area contributed by atoms with Gasteiger partial charge in [0.05, 0.1) is 18.5 Å². The third-order valence-electron chi connectivity index (χ3n) is 2.74. The molecule has 6 heteroatoms. The molecule has 1 aromatic carbocycles. The highest BCUT2D eigenvalue weighted by Gasteiger charge is 2.06. The number of fused-ring (bicyclic) bond motifs is 1. The molecular formula is C13H12N4O2. The third kappa shape index (κ3) is 2.08. The maximum Gasteiger partial charge on any atom is 0.292 e. The molecule has 0 unspecified atom stereocenters. The number of aromatic amines is 1. The summed E-state index contributed by atoms with van der Waals surface area (Å²) in [6.45, 7) is 2.57. The van der Waals surface area contributed by atoms with Crippen LogP contribution in [0.1, 0.15) is 6.92 Å². The average molecular weight is 256 g/mol. The maximum absolute atomic E-state index is 11.5. The van der Waals surface area contributed by atoms with Gasteiger partial charge in [-0.3, -0.25) is 4.79 Å². The first kappa shape index (κ1) is 11.5. The Kier molecular flexibility index (Phi) is 2.75. The van der Waals surface area contributed by atoms with Gasteiger partial charge in [0.2, 0.25) is 0 Å².